The molecule has 0 spiro atoms. The molecule has 1 unspecified atom stereocenters. The number of hydrogen-bond acceptors (Lipinski definition) is 4. The Bertz CT molecular complexity index is 1120. The molecule has 0 aliphatic carbocycles. The van der Waals surface area contributed by atoms with Gasteiger partial charge in [0.15, 0.2) is 15.6 Å². The molecule has 0 aliphatic rings. The quantitative estimate of drug-likeness (QED) is 0.400. The highest BCUT2D eigenvalue weighted by Gasteiger charge is 2.31. The number of rotatable bonds is 9. The van der Waals surface area contributed by atoms with E-state index in [-0.39, 0.29) is 22.7 Å². The highest BCUT2D eigenvalue weighted by atomic mass is 32.2. The molecule has 3 aromatic rings. The number of carbonyl (C=O) groups excluding carboxylic acids is 1. The van der Waals surface area contributed by atoms with Crippen molar-refractivity contribution < 1.29 is 22.3 Å². The molecule has 0 heterocycles. The van der Waals surface area contributed by atoms with Crippen LogP contribution in [0.3, 0.4) is 0 Å². The molecule has 0 amide bonds. The lowest BCUT2D eigenvalue weighted by Crippen LogP contribution is -2.18. The molecule has 0 fully saturated rings. The van der Waals surface area contributed by atoms with Crippen molar-refractivity contribution in [1.29, 1.82) is 0 Å². The predicted molar refractivity (Wildman–Crippen MR) is 119 cm³/mol. The van der Waals surface area contributed by atoms with Crippen LogP contribution in [0, 0.1) is 12.7 Å². The molecule has 3 aromatic carbocycles. The van der Waals surface area contributed by atoms with E-state index in [1.165, 1.54) is 24.3 Å². The second-order valence-electron chi connectivity index (χ2n) is 7.40. The van der Waals surface area contributed by atoms with Gasteiger partial charge in [0.25, 0.3) is 0 Å². The van der Waals surface area contributed by atoms with Crippen molar-refractivity contribution in [2.75, 3.05) is 6.61 Å². The van der Waals surface area contributed by atoms with E-state index in [0.717, 1.165) is 12.0 Å². The molecular weight excluding hydrogens is 415 g/mol. The third-order valence-electron chi connectivity index (χ3n) is 4.99. The van der Waals surface area contributed by atoms with Gasteiger partial charge in [-0.15, -0.1) is 0 Å². The molecule has 0 aromatic heterocycles. The van der Waals surface area contributed by atoms with Gasteiger partial charge in [-0.2, -0.15) is 0 Å². The number of hydrogen-bond donors (Lipinski definition) is 0. The van der Waals surface area contributed by atoms with Crippen LogP contribution in [0.15, 0.2) is 77.7 Å². The maximum atomic E-state index is 13.5. The summed E-state index contributed by atoms with van der Waals surface area (Å²) < 4.78 is 45.8. The van der Waals surface area contributed by atoms with Gasteiger partial charge < -0.3 is 4.74 Å². The van der Waals surface area contributed by atoms with Crippen LogP contribution in [0.1, 0.15) is 46.5 Å². The van der Waals surface area contributed by atoms with Gasteiger partial charge in [0.05, 0.1) is 16.8 Å². The van der Waals surface area contributed by atoms with E-state index in [1.54, 1.807) is 48.5 Å². The van der Waals surface area contributed by atoms with E-state index >= 15 is 0 Å². The highest BCUT2D eigenvalue weighted by Crippen LogP contribution is 2.34. The fraction of sp³-hybridized carbons (Fsp3) is 0.240. The molecule has 4 nitrogen and oxygen atoms in total. The van der Waals surface area contributed by atoms with Crippen LogP contribution in [0.2, 0.25) is 0 Å². The molecular formula is C25H25FO4S. The average molecular weight is 441 g/mol. The first kappa shape index (κ1) is 22.7. The maximum absolute atomic E-state index is 13.5. The first-order valence-corrected chi connectivity index (χ1v) is 11.7. The Kier molecular flexibility index (Phi) is 7.23. The Morgan fingerprint density at radius 1 is 0.935 bits per heavy atom. The minimum absolute atomic E-state index is 0.154. The van der Waals surface area contributed by atoms with Gasteiger partial charge in [-0.25, -0.2) is 12.8 Å². The summed E-state index contributed by atoms with van der Waals surface area (Å²) in [5.41, 5.74) is 1.71. The standard InChI is InChI=1S/C25H25FO4S/c1-3-16-30-22-12-8-20(9-13-22)25(17-24(27)19-6-10-21(26)11-7-19)31(28,29)23-14-4-18(2)5-15-23/h4-15,25H,3,16-17H2,1-2H3. The fourth-order valence-electron chi connectivity index (χ4n) is 3.22. The zero-order valence-electron chi connectivity index (χ0n) is 17.5. The third kappa shape index (κ3) is 5.58. The minimum Gasteiger partial charge on any atom is -0.494 e. The third-order valence-corrected chi connectivity index (χ3v) is 7.10. The molecule has 6 heteroatoms. The van der Waals surface area contributed by atoms with E-state index in [0.29, 0.717) is 17.9 Å². The smallest absolute Gasteiger partial charge is 0.185 e. The van der Waals surface area contributed by atoms with E-state index in [4.69, 9.17) is 4.74 Å². The van der Waals surface area contributed by atoms with Crippen molar-refractivity contribution in [2.45, 2.75) is 36.8 Å². The molecule has 0 saturated heterocycles. The normalized spacial score (nSPS) is 12.4. The Labute approximate surface area is 182 Å². The largest absolute Gasteiger partial charge is 0.494 e. The molecule has 0 N–H and O–H groups in total. The van der Waals surface area contributed by atoms with Gasteiger partial charge in [0.1, 0.15) is 11.6 Å². The molecule has 3 rings (SSSR count). The van der Waals surface area contributed by atoms with Gasteiger partial charge in [0.2, 0.25) is 0 Å². The van der Waals surface area contributed by atoms with Crippen molar-refractivity contribution in [1.82, 2.24) is 0 Å². The SMILES string of the molecule is CCCOc1ccc(C(CC(=O)c2ccc(F)cc2)S(=O)(=O)c2ccc(C)cc2)cc1. The van der Waals surface area contributed by atoms with Crippen molar-refractivity contribution in [2.24, 2.45) is 0 Å². The highest BCUT2D eigenvalue weighted by molar-refractivity contribution is 7.91. The van der Waals surface area contributed by atoms with Gasteiger partial charge in [-0.05, 0) is 67.4 Å². The molecule has 0 saturated carbocycles. The summed E-state index contributed by atoms with van der Waals surface area (Å²) in [5.74, 6) is -0.183. The van der Waals surface area contributed by atoms with Gasteiger partial charge in [0, 0.05) is 12.0 Å². The van der Waals surface area contributed by atoms with Crippen LogP contribution < -0.4 is 4.74 Å². The second-order valence-corrected chi connectivity index (χ2v) is 9.53. The van der Waals surface area contributed by atoms with E-state index in [2.05, 4.69) is 0 Å². The summed E-state index contributed by atoms with van der Waals surface area (Å²) in [5, 5.41) is -1.08. The average Bonchev–Trinajstić information content (AvgIpc) is 2.77. The number of Topliss-reactive ketones (excluding diaryl/α,β-unsaturated/α-hetero) is 1. The molecule has 0 aliphatic heterocycles. The summed E-state index contributed by atoms with van der Waals surface area (Å²) in [6, 6.07) is 18.5. The monoisotopic (exact) mass is 440 g/mol. The maximum Gasteiger partial charge on any atom is 0.185 e. The Morgan fingerprint density at radius 2 is 1.55 bits per heavy atom. The molecule has 0 bridgehead atoms. The van der Waals surface area contributed by atoms with Crippen molar-refractivity contribution >= 4 is 15.6 Å². The molecule has 162 valence electrons. The van der Waals surface area contributed by atoms with Crippen LogP contribution >= 0.6 is 0 Å². The van der Waals surface area contributed by atoms with Gasteiger partial charge >= 0.3 is 0 Å². The zero-order chi connectivity index (χ0) is 22.4. The molecule has 1 atom stereocenters. The number of sulfone groups is 1. The Morgan fingerprint density at radius 3 is 2.13 bits per heavy atom. The van der Waals surface area contributed by atoms with Gasteiger partial charge in [-0.1, -0.05) is 36.8 Å². The van der Waals surface area contributed by atoms with Crippen LogP contribution in [0.25, 0.3) is 0 Å². The number of benzene rings is 3. The summed E-state index contributed by atoms with van der Waals surface area (Å²) >= 11 is 0. The Hall–Kier alpha value is -2.99. The minimum atomic E-state index is -3.85. The zero-order valence-corrected chi connectivity index (χ0v) is 18.4. The lowest BCUT2D eigenvalue weighted by Gasteiger charge is -2.19. The summed E-state index contributed by atoms with van der Waals surface area (Å²) in [6.45, 7) is 4.44. The lowest BCUT2D eigenvalue weighted by molar-refractivity contribution is 0.0980. The summed E-state index contributed by atoms with van der Waals surface area (Å²) in [6.07, 6.45) is 0.607. The van der Waals surface area contributed by atoms with Crippen LogP contribution in [-0.2, 0) is 9.84 Å². The van der Waals surface area contributed by atoms with E-state index < -0.39 is 20.9 Å². The van der Waals surface area contributed by atoms with E-state index in [9.17, 15) is 17.6 Å². The predicted octanol–water partition coefficient (Wildman–Crippen LogP) is 5.71. The van der Waals surface area contributed by atoms with Crippen LogP contribution in [-0.4, -0.2) is 20.8 Å². The lowest BCUT2D eigenvalue weighted by atomic mass is 10.0. The summed E-state index contributed by atoms with van der Waals surface area (Å²) in [4.78, 5) is 13.0. The number of ether oxygens (including phenoxy) is 1. The topological polar surface area (TPSA) is 60.4 Å². The molecule has 31 heavy (non-hydrogen) atoms. The first-order valence-electron chi connectivity index (χ1n) is 10.1. The fourth-order valence-corrected chi connectivity index (χ4v) is 4.95. The van der Waals surface area contributed by atoms with Crippen molar-refractivity contribution in [3.05, 3.63) is 95.3 Å². The molecule has 0 radical (unpaired) electrons. The van der Waals surface area contributed by atoms with Gasteiger partial charge in [-0.3, -0.25) is 4.79 Å². The van der Waals surface area contributed by atoms with Crippen molar-refractivity contribution in [3.8, 4) is 5.75 Å². The first-order chi connectivity index (χ1) is 14.8. The van der Waals surface area contributed by atoms with Crippen LogP contribution in [0.4, 0.5) is 4.39 Å². The van der Waals surface area contributed by atoms with Crippen LogP contribution in [0.5, 0.6) is 5.75 Å². The summed E-state index contributed by atoms with van der Waals surface area (Å²) in [7, 11) is -3.85. The van der Waals surface area contributed by atoms with E-state index in [1.807, 2.05) is 13.8 Å². The number of halogens is 1. The second kappa shape index (κ2) is 9.88. The van der Waals surface area contributed by atoms with Crippen molar-refractivity contribution in [3.63, 3.8) is 0 Å². The number of carbonyl (C=O) groups is 1. The number of aryl methyl sites for hydroxylation is 1. The Balaban J connectivity index is 1.97. The number of ketones is 1.